The van der Waals surface area contributed by atoms with E-state index in [4.69, 9.17) is 4.74 Å². The molecule has 2 aromatic rings. The molecule has 0 fully saturated rings. The number of fused-ring (bicyclic) bond motifs is 5. The third kappa shape index (κ3) is 2.36. The van der Waals surface area contributed by atoms with Gasteiger partial charge in [0.1, 0.15) is 11.9 Å². The van der Waals surface area contributed by atoms with E-state index < -0.39 is 17.7 Å². The maximum Gasteiger partial charge on any atom is 0.168 e. The molecular weight excluding hydrogens is 320 g/mol. The summed E-state index contributed by atoms with van der Waals surface area (Å²) in [6.45, 7) is 10.1. The zero-order chi connectivity index (χ0) is 17.9. The van der Waals surface area contributed by atoms with E-state index in [-0.39, 0.29) is 11.3 Å². The summed E-state index contributed by atoms with van der Waals surface area (Å²) in [5.74, 6) is -1.24. The van der Waals surface area contributed by atoms with Crippen LogP contribution in [0.25, 0.3) is 16.7 Å². The van der Waals surface area contributed by atoms with Gasteiger partial charge in [0.25, 0.3) is 0 Å². The molecule has 2 nitrogen and oxygen atoms in total. The Labute approximate surface area is 145 Å². The maximum absolute atomic E-state index is 14.2. The Balaban J connectivity index is 2.05. The van der Waals surface area contributed by atoms with Gasteiger partial charge < -0.3 is 10.1 Å². The quantitative estimate of drug-likeness (QED) is 0.657. The van der Waals surface area contributed by atoms with Crippen molar-refractivity contribution in [1.29, 1.82) is 0 Å². The molecule has 0 spiro atoms. The number of anilines is 1. The zero-order valence-electron chi connectivity index (χ0n) is 14.4. The minimum Gasteiger partial charge on any atom is -0.478 e. The van der Waals surface area contributed by atoms with Crippen LogP contribution in [0.15, 0.2) is 43.0 Å². The van der Waals surface area contributed by atoms with Crippen molar-refractivity contribution in [3.05, 3.63) is 65.8 Å². The highest BCUT2D eigenvalue weighted by Gasteiger charge is 2.33. The number of hydrogen-bond acceptors (Lipinski definition) is 2. The summed E-state index contributed by atoms with van der Waals surface area (Å²) in [5, 5.41) is 3.49. The molecule has 0 saturated carbocycles. The van der Waals surface area contributed by atoms with Gasteiger partial charge in [0.2, 0.25) is 0 Å². The summed E-state index contributed by atoms with van der Waals surface area (Å²) in [4.78, 5) is 0. The van der Waals surface area contributed by atoms with Crippen LogP contribution in [0.5, 0.6) is 5.75 Å². The molecule has 0 amide bonds. The van der Waals surface area contributed by atoms with Crippen molar-refractivity contribution < 1.29 is 13.5 Å². The Morgan fingerprint density at radius 2 is 1.96 bits per heavy atom. The third-order valence-electron chi connectivity index (χ3n) is 4.72. The number of nitrogens with one attached hydrogen (secondary N) is 1. The largest absolute Gasteiger partial charge is 0.478 e. The van der Waals surface area contributed by atoms with Crippen molar-refractivity contribution in [2.45, 2.75) is 32.4 Å². The van der Waals surface area contributed by atoms with E-state index in [1.807, 2.05) is 19.1 Å². The number of allylic oxidation sites excluding steroid dienone is 1. The second-order valence-corrected chi connectivity index (χ2v) is 7.16. The fraction of sp³-hybridized carbons (Fsp3) is 0.238. The van der Waals surface area contributed by atoms with Crippen LogP contribution < -0.4 is 10.1 Å². The topological polar surface area (TPSA) is 21.3 Å². The van der Waals surface area contributed by atoms with Crippen LogP contribution in [-0.4, -0.2) is 5.54 Å². The Morgan fingerprint density at radius 3 is 2.68 bits per heavy atom. The summed E-state index contributed by atoms with van der Waals surface area (Å²) in [6, 6.07) is 6.02. The van der Waals surface area contributed by atoms with Crippen molar-refractivity contribution in [1.82, 2.24) is 0 Å². The second-order valence-electron chi connectivity index (χ2n) is 7.16. The summed E-state index contributed by atoms with van der Waals surface area (Å²) >= 11 is 0. The van der Waals surface area contributed by atoms with Gasteiger partial charge in [0.05, 0.1) is 5.54 Å². The van der Waals surface area contributed by atoms with Gasteiger partial charge in [0.15, 0.2) is 11.6 Å². The molecule has 2 aliphatic rings. The Morgan fingerprint density at radius 1 is 1.20 bits per heavy atom. The van der Waals surface area contributed by atoms with E-state index in [2.05, 4.69) is 31.8 Å². The van der Waals surface area contributed by atoms with E-state index in [1.165, 1.54) is 6.07 Å². The fourth-order valence-corrected chi connectivity index (χ4v) is 3.91. The van der Waals surface area contributed by atoms with Crippen LogP contribution >= 0.6 is 0 Å². The van der Waals surface area contributed by atoms with E-state index in [9.17, 15) is 8.78 Å². The number of ether oxygens (including phenoxy) is 1. The lowest BCUT2D eigenvalue weighted by Crippen LogP contribution is -2.32. The third-order valence-corrected chi connectivity index (χ3v) is 4.72. The molecule has 25 heavy (non-hydrogen) atoms. The van der Waals surface area contributed by atoms with Crippen molar-refractivity contribution in [2.75, 3.05) is 5.32 Å². The Kier molecular flexibility index (Phi) is 3.29. The molecule has 0 saturated heterocycles. The van der Waals surface area contributed by atoms with Crippen molar-refractivity contribution in [3.63, 3.8) is 0 Å². The highest BCUT2D eigenvalue weighted by molar-refractivity contribution is 5.90. The predicted molar refractivity (Wildman–Crippen MR) is 96.7 cm³/mol. The van der Waals surface area contributed by atoms with Gasteiger partial charge in [-0.1, -0.05) is 18.7 Å². The van der Waals surface area contributed by atoms with E-state index in [0.29, 0.717) is 5.56 Å². The molecule has 0 aromatic heterocycles. The number of hydrogen-bond donors (Lipinski definition) is 1. The molecular formula is C21H19F2NO. The first-order chi connectivity index (χ1) is 11.8. The van der Waals surface area contributed by atoms with Gasteiger partial charge in [-0.05, 0) is 50.1 Å². The van der Waals surface area contributed by atoms with Crippen molar-refractivity contribution >= 4 is 11.3 Å². The molecule has 2 heterocycles. The summed E-state index contributed by atoms with van der Waals surface area (Å²) in [5.41, 5.74) is 5.04. The average Bonchev–Trinajstić information content (AvgIpc) is 2.52. The SMILES string of the molecule is C=CC1Oc2c(F)cc(F)cc2-c2ccc3c(c21)C(C)=CC(C)(C)N3. The fourth-order valence-electron chi connectivity index (χ4n) is 3.91. The van der Waals surface area contributed by atoms with Crippen LogP contribution in [0.1, 0.15) is 38.0 Å². The Bertz CT molecular complexity index is 943. The van der Waals surface area contributed by atoms with E-state index in [0.717, 1.165) is 34.0 Å². The van der Waals surface area contributed by atoms with Crippen LogP contribution in [0.3, 0.4) is 0 Å². The minimum atomic E-state index is -0.697. The van der Waals surface area contributed by atoms with E-state index >= 15 is 0 Å². The van der Waals surface area contributed by atoms with Crippen LogP contribution in [0.4, 0.5) is 14.5 Å². The van der Waals surface area contributed by atoms with E-state index in [1.54, 1.807) is 6.08 Å². The first-order valence-electron chi connectivity index (χ1n) is 8.24. The second kappa shape index (κ2) is 5.19. The molecule has 4 rings (SSSR count). The summed E-state index contributed by atoms with van der Waals surface area (Å²) in [7, 11) is 0. The normalized spacial score (nSPS) is 19.6. The first-order valence-corrected chi connectivity index (χ1v) is 8.24. The number of benzene rings is 2. The van der Waals surface area contributed by atoms with Crippen LogP contribution in [-0.2, 0) is 0 Å². The lowest BCUT2D eigenvalue weighted by molar-refractivity contribution is 0.239. The van der Waals surface area contributed by atoms with Gasteiger partial charge in [-0.3, -0.25) is 0 Å². The highest BCUT2D eigenvalue weighted by Crippen LogP contribution is 2.50. The van der Waals surface area contributed by atoms with Gasteiger partial charge in [-0.15, -0.1) is 0 Å². The van der Waals surface area contributed by atoms with Gasteiger partial charge in [0, 0.05) is 28.4 Å². The highest BCUT2D eigenvalue weighted by atomic mass is 19.1. The van der Waals surface area contributed by atoms with Gasteiger partial charge in [-0.25, -0.2) is 8.78 Å². The molecule has 0 aliphatic carbocycles. The molecule has 2 aliphatic heterocycles. The molecule has 0 bridgehead atoms. The van der Waals surface area contributed by atoms with Crippen molar-refractivity contribution in [3.8, 4) is 16.9 Å². The molecule has 1 unspecified atom stereocenters. The van der Waals surface area contributed by atoms with Crippen LogP contribution in [0.2, 0.25) is 0 Å². The van der Waals surface area contributed by atoms with Gasteiger partial charge in [-0.2, -0.15) is 0 Å². The molecule has 2 aromatic carbocycles. The van der Waals surface area contributed by atoms with Gasteiger partial charge >= 0.3 is 0 Å². The maximum atomic E-state index is 14.2. The number of rotatable bonds is 1. The zero-order valence-corrected chi connectivity index (χ0v) is 14.4. The lowest BCUT2D eigenvalue weighted by atomic mass is 9.82. The molecule has 1 N–H and O–H groups in total. The summed E-state index contributed by atoms with van der Waals surface area (Å²) in [6.07, 6.45) is 3.30. The Hall–Kier alpha value is -2.62. The molecule has 128 valence electrons. The number of halogens is 2. The molecule has 1 atom stereocenters. The average molecular weight is 339 g/mol. The summed E-state index contributed by atoms with van der Waals surface area (Å²) < 4.78 is 33.9. The first kappa shape index (κ1) is 15.9. The lowest BCUT2D eigenvalue weighted by Gasteiger charge is -2.36. The molecule has 4 heteroatoms. The van der Waals surface area contributed by atoms with Crippen molar-refractivity contribution in [2.24, 2.45) is 0 Å². The minimum absolute atomic E-state index is 0.0736. The standard InChI is InChI=1S/C21H19F2NO/c1-5-17-19-13(14-8-12(22)9-15(23)20(14)25-17)6-7-16-18(19)11(2)10-21(3,4)24-16/h5-10,17,24H,1H2,2-4H3. The smallest absolute Gasteiger partial charge is 0.168 e. The monoisotopic (exact) mass is 339 g/mol. The van der Waals surface area contributed by atoms with Crippen LogP contribution in [0, 0.1) is 11.6 Å². The predicted octanol–water partition coefficient (Wildman–Crippen LogP) is 5.86. The molecule has 0 radical (unpaired) electrons.